The fourth-order valence-corrected chi connectivity index (χ4v) is 4.36. The number of amides is 1. The Bertz CT molecular complexity index is 986. The number of aryl methyl sites for hydroxylation is 2. The second-order valence-electron chi connectivity index (χ2n) is 7.24. The number of hydrogen-bond acceptors (Lipinski definition) is 5. The number of fused-ring (bicyclic) bond motifs is 1. The van der Waals surface area contributed by atoms with Crippen molar-refractivity contribution in [1.29, 1.82) is 0 Å². The lowest BCUT2D eigenvalue weighted by Gasteiger charge is -2.15. The fraction of sp³-hybridized carbons (Fsp3) is 0.476. The molecule has 0 saturated heterocycles. The zero-order valence-electron chi connectivity index (χ0n) is 17.1. The Morgan fingerprint density at radius 3 is 2.61 bits per heavy atom. The topological polar surface area (TPSA) is 80.0 Å². The van der Waals surface area contributed by atoms with E-state index in [2.05, 4.69) is 36.9 Å². The van der Waals surface area contributed by atoms with Crippen LogP contribution in [0.3, 0.4) is 0 Å². The zero-order valence-corrected chi connectivity index (χ0v) is 17.9. The number of carbonyl (C=O) groups is 1. The highest BCUT2D eigenvalue weighted by atomic mass is 32.1. The van der Waals surface area contributed by atoms with Crippen LogP contribution in [0.1, 0.15) is 60.6 Å². The maximum absolute atomic E-state index is 12.2. The van der Waals surface area contributed by atoms with Crippen LogP contribution in [0.2, 0.25) is 0 Å². The van der Waals surface area contributed by atoms with Crippen molar-refractivity contribution in [3.63, 3.8) is 0 Å². The van der Waals surface area contributed by atoms with Crippen molar-refractivity contribution < 1.29 is 9.90 Å². The third-order valence-corrected chi connectivity index (χ3v) is 6.05. The minimum Gasteiger partial charge on any atom is -0.392 e. The summed E-state index contributed by atoms with van der Waals surface area (Å²) in [5.74, 6) is -0.181. The number of nitrogens with zero attached hydrogens (tertiary/aromatic N) is 3. The number of hydrogen-bond donors (Lipinski definition) is 2. The van der Waals surface area contributed by atoms with Crippen molar-refractivity contribution >= 4 is 28.4 Å². The van der Waals surface area contributed by atoms with Gasteiger partial charge in [-0.25, -0.2) is 9.97 Å². The summed E-state index contributed by atoms with van der Waals surface area (Å²) in [5, 5.41) is 12.1. The van der Waals surface area contributed by atoms with Gasteiger partial charge in [0.05, 0.1) is 21.6 Å². The van der Waals surface area contributed by atoms with Crippen LogP contribution in [0.25, 0.3) is 21.7 Å². The molecule has 0 fully saturated rings. The molecule has 6 nitrogen and oxygen atoms in total. The van der Waals surface area contributed by atoms with Crippen molar-refractivity contribution in [3.8, 4) is 10.6 Å². The minimum atomic E-state index is -0.569. The molecule has 3 rings (SSSR count). The van der Waals surface area contributed by atoms with Crippen molar-refractivity contribution in [2.75, 3.05) is 6.54 Å². The van der Waals surface area contributed by atoms with Gasteiger partial charge in [0.1, 0.15) is 11.2 Å². The lowest BCUT2D eigenvalue weighted by atomic mass is 10.2. The molecule has 1 atom stereocenters. The van der Waals surface area contributed by atoms with Crippen LogP contribution in [0.4, 0.5) is 0 Å². The summed E-state index contributed by atoms with van der Waals surface area (Å²) < 4.78 is 2.25. The van der Waals surface area contributed by atoms with Crippen LogP contribution in [0.15, 0.2) is 18.3 Å². The van der Waals surface area contributed by atoms with Gasteiger partial charge in [-0.1, -0.05) is 13.8 Å². The monoisotopic (exact) mass is 400 g/mol. The van der Waals surface area contributed by atoms with Crippen molar-refractivity contribution in [2.45, 2.75) is 59.6 Å². The quantitative estimate of drug-likeness (QED) is 0.621. The van der Waals surface area contributed by atoms with Crippen LogP contribution >= 0.6 is 11.3 Å². The molecule has 0 aliphatic rings. The maximum atomic E-state index is 12.2. The molecule has 0 radical (unpaired) electrons. The van der Waals surface area contributed by atoms with Gasteiger partial charge in [-0.3, -0.25) is 4.79 Å². The smallest absolute Gasteiger partial charge is 0.261 e. The molecular weight excluding hydrogens is 372 g/mol. The zero-order chi connectivity index (χ0) is 20.4. The molecule has 0 aliphatic carbocycles. The number of carbonyl (C=O) groups excluding carboxylic acids is 1. The van der Waals surface area contributed by atoms with E-state index >= 15 is 0 Å². The number of thiophene rings is 1. The van der Waals surface area contributed by atoms with Gasteiger partial charge in [0.25, 0.3) is 5.91 Å². The average molecular weight is 401 g/mol. The number of aliphatic hydroxyl groups excluding tert-OH is 1. The summed E-state index contributed by atoms with van der Waals surface area (Å²) in [6, 6.07) is 4.13. The molecule has 3 heterocycles. The Hall–Kier alpha value is -2.25. The SMILES string of the molecule is CCC(CC)n1cc(C)c2nc(-c3ccc(C(=O)NCC(C)O)s3)c(C)nc21. The molecule has 0 bridgehead atoms. The summed E-state index contributed by atoms with van der Waals surface area (Å²) in [4.78, 5) is 23.6. The molecule has 0 saturated carbocycles. The van der Waals surface area contributed by atoms with E-state index in [1.54, 1.807) is 13.0 Å². The summed E-state index contributed by atoms with van der Waals surface area (Å²) in [6.07, 6.45) is 3.69. The lowest BCUT2D eigenvalue weighted by molar-refractivity contribution is 0.0928. The Morgan fingerprint density at radius 2 is 1.96 bits per heavy atom. The fourth-order valence-electron chi connectivity index (χ4n) is 3.39. The van der Waals surface area contributed by atoms with Crippen LogP contribution in [-0.4, -0.2) is 38.2 Å². The van der Waals surface area contributed by atoms with Gasteiger partial charge < -0.3 is 15.0 Å². The summed E-state index contributed by atoms with van der Waals surface area (Å²) >= 11 is 1.39. The normalized spacial score (nSPS) is 12.7. The minimum absolute atomic E-state index is 0.181. The summed E-state index contributed by atoms with van der Waals surface area (Å²) in [7, 11) is 0. The van der Waals surface area contributed by atoms with E-state index in [-0.39, 0.29) is 12.5 Å². The molecule has 0 aromatic carbocycles. The first-order valence-corrected chi connectivity index (χ1v) is 10.6. The molecule has 7 heteroatoms. The van der Waals surface area contributed by atoms with Gasteiger partial charge in [0, 0.05) is 18.8 Å². The van der Waals surface area contributed by atoms with Gasteiger partial charge in [-0.15, -0.1) is 11.3 Å². The average Bonchev–Trinajstić information content (AvgIpc) is 3.26. The third-order valence-electron chi connectivity index (χ3n) is 4.96. The molecule has 28 heavy (non-hydrogen) atoms. The molecule has 1 unspecified atom stereocenters. The van der Waals surface area contributed by atoms with E-state index in [4.69, 9.17) is 9.97 Å². The molecular formula is C21H28N4O2S. The lowest BCUT2D eigenvalue weighted by Crippen LogP contribution is -2.29. The third kappa shape index (κ3) is 3.95. The highest BCUT2D eigenvalue weighted by Crippen LogP contribution is 2.32. The Morgan fingerprint density at radius 1 is 1.25 bits per heavy atom. The second kappa shape index (κ2) is 8.41. The van der Waals surface area contributed by atoms with Crippen LogP contribution < -0.4 is 5.32 Å². The Balaban J connectivity index is 1.98. The number of aliphatic hydroxyl groups is 1. The number of nitrogens with one attached hydrogen (secondary N) is 1. The molecule has 3 aromatic rings. The standard InChI is InChI=1S/C21H28N4O2S/c1-6-15(7-2)25-11-12(3)18-20(25)23-14(5)19(24-18)16-8-9-17(28-16)21(27)22-10-13(4)26/h8-9,11,13,15,26H,6-7,10H2,1-5H3,(H,22,27). The van der Waals surface area contributed by atoms with E-state index < -0.39 is 6.10 Å². The van der Waals surface area contributed by atoms with Crippen LogP contribution in [-0.2, 0) is 0 Å². The highest BCUT2D eigenvalue weighted by molar-refractivity contribution is 7.17. The predicted molar refractivity (Wildman–Crippen MR) is 114 cm³/mol. The highest BCUT2D eigenvalue weighted by Gasteiger charge is 2.19. The second-order valence-corrected chi connectivity index (χ2v) is 8.33. The van der Waals surface area contributed by atoms with Gasteiger partial charge >= 0.3 is 0 Å². The first-order chi connectivity index (χ1) is 13.3. The van der Waals surface area contributed by atoms with E-state index in [0.29, 0.717) is 10.9 Å². The molecule has 1 amide bonds. The molecule has 150 valence electrons. The molecule has 0 aliphatic heterocycles. The Labute approximate surface area is 169 Å². The summed E-state index contributed by atoms with van der Waals surface area (Å²) in [5.41, 5.74) is 4.63. The van der Waals surface area contributed by atoms with Crippen LogP contribution in [0.5, 0.6) is 0 Å². The van der Waals surface area contributed by atoms with E-state index in [1.165, 1.54) is 11.3 Å². The maximum Gasteiger partial charge on any atom is 0.261 e. The molecule has 0 spiro atoms. The Kier molecular flexibility index (Phi) is 6.15. The van der Waals surface area contributed by atoms with Crippen molar-refractivity contribution in [2.24, 2.45) is 0 Å². The molecule has 3 aromatic heterocycles. The van der Waals surface area contributed by atoms with Gasteiger partial charge in [-0.05, 0) is 51.3 Å². The van der Waals surface area contributed by atoms with E-state index in [0.717, 1.165) is 45.8 Å². The number of aromatic nitrogens is 3. The van der Waals surface area contributed by atoms with E-state index in [1.807, 2.05) is 13.0 Å². The van der Waals surface area contributed by atoms with Gasteiger partial charge in [0.15, 0.2) is 5.65 Å². The number of rotatable bonds is 7. The summed E-state index contributed by atoms with van der Waals surface area (Å²) in [6.45, 7) is 10.3. The van der Waals surface area contributed by atoms with Crippen LogP contribution in [0, 0.1) is 13.8 Å². The van der Waals surface area contributed by atoms with E-state index in [9.17, 15) is 9.90 Å². The largest absolute Gasteiger partial charge is 0.392 e. The first kappa shape index (κ1) is 20.5. The van der Waals surface area contributed by atoms with Gasteiger partial charge in [-0.2, -0.15) is 0 Å². The van der Waals surface area contributed by atoms with Crippen molar-refractivity contribution in [1.82, 2.24) is 19.9 Å². The first-order valence-electron chi connectivity index (χ1n) is 9.77. The predicted octanol–water partition coefficient (Wildman–Crippen LogP) is 4.25. The molecule has 2 N–H and O–H groups in total. The van der Waals surface area contributed by atoms with Crippen molar-refractivity contribution in [3.05, 3.63) is 34.5 Å². The van der Waals surface area contributed by atoms with Gasteiger partial charge in [0.2, 0.25) is 0 Å².